The fourth-order valence-corrected chi connectivity index (χ4v) is 4.45. The summed E-state index contributed by atoms with van der Waals surface area (Å²) in [6.45, 7) is 9.23. The number of hydrogen-bond donors (Lipinski definition) is 0. The summed E-state index contributed by atoms with van der Waals surface area (Å²) in [5.41, 5.74) is 0.263. The van der Waals surface area contributed by atoms with Gasteiger partial charge in [-0.05, 0) is 37.3 Å². The largest absolute Gasteiger partial charge is 0.381 e. The van der Waals surface area contributed by atoms with Crippen molar-refractivity contribution in [3.05, 3.63) is 24.4 Å². The molecule has 0 radical (unpaired) electrons. The SMILES string of the molecule is c1ccc(N2CCC3(COCCN(CC4CCOCC4)C3)C2)nc1. The molecule has 3 saturated heterocycles. The van der Waals surface area contributed by atoms with Crippen molar-refractivity contribution in [2.45, 2.75) is 19.3 Å². The first-order chi connectivity index (χ1) is 11.8. The first-order valence-electron chi connectivity index (χ1n) is 9.37. The standard InChI is InChI=1S/C19H29N3O2/c1-2-7-20-18(3-1)22-8-6-19(15-22)14-21(9-12-24-16-19)13-17-4-10-23-11-5-17/h1-3,7,17H,4-6,8-16H2. The molecule has 1 unspecified atom stereocenters. The summed E-state index contributed by atoms with van der Waals surface area (Å²) in [4.78, 5) is 9.62. The molecule has 0 aliphatic carbocycles. The van der Waals surface area contributed by atoms with E-state index in [0.717, 1.165) is 64.3 Å². The van der Waals surface area contributed by atoms with Gasteiger partial charge in [-0.3, -0.25) is 0 Å². The Morgan fingerprint density at radius 3 is 2.83 bits per heavy atom. The molecule has 5 nitrogen and oxygen atoms in total. The number of rotatable bonds is 3. The van der Waals surface area contributed by atoms with Gasteiger partial charge in [0.05, 0.1) is 13.2 Å². The van der Waals surface area contributed by atoms with Crippen LogP contribution in [0, 0.1) is 11.3 Å². The zero-order chi connectivity index (χ0) is 16.2. The van der Waals surface area contributed by atoms with E-state index in [0.29, 0.717) is 0 Å². The molecular weight excluding hydrogens is 302 g/mol. The van der Waals surface area contributed by atoms with E-state index in [2.05, 4.69) is 26.9 Å². The van der Waals surface area contributed by atoms with Crippen molar-refractivity contribution in [1.29, 1.82) is 0 Å². The molecule has 24 heavy (non-hydrogen) atoms. The Labute approximate surface area is 144 Å². The van der Waals surface area contributed by atoms with Gasteiger partial charge in [0.25, 0.3) is 0 Å². The highest BCUT2D eigenvalue weighted by Crippen LogP contribution is 2.35. The van der Waals surface area contributed by atoms with Crippen molar-refractivity contribution in [3.8, 4) is 0 Å². The summed E-state index contributed by atoms with van der Waals surface area (Å²) < 4.78 is 11.5. The van der Waals surface area contributed by atoms with E-state index >= 15 is 0 Å². The van der Waals surface area contributed by atoms with Crippen LogP contribution in [0.15, 0.2) is 24.4 Å². The molecule has 3 fully saturated rings. The van der Waals surface area contributed by atoms with E-state index in [1.807, 2.05) is 12.3 Å². The monoisotopic (exact) mass is 331 g/mol. The van der Waals surface area contributed by atoms with Gasteiger partial charge < -0.3 is 19.3 Å². The molecule has 3 aliphatic heterocycles. The van der Waals surface area contributed by atoms with E-state index in [1.165, 1.54) is 25.8 Å². The zero-order valence-corrected chi connectivity index (χ0v) is 14.5. The number of ether oxygens (including phenoxy) is 2. The Kier molecular flexibility index (Phi) is 5.01. The summed E-state index contributed by atoms with van der Waals surface area (Å²) in [6, 6.07) is 6.18. The van der Waals surface area contributed by atoms with Gasteiger partial charge in [0.2, 0.25) is 0 Å². The summed E-state index contributed by atoms with van der Waals surface area (Å²) >= 11 is 0. The summed E-state index contributed by atoms with van der Waals surface area (Å²) in [7, 11) is 0. The summed E-state index contributed by atoms with van der Waals surface area (Å²) in [5, 5.41) is 0. The lowest BCUT2D eigenvalue weighted by Crippen LogP contribution is -2.43. The van der Waals surface area contributed by atoms with E-state index in [4.69, 9.17) is 9.47 Å². The molecule has 0 amide bonds. The second-order valence-corrected chi connectivity index (χ2v) is 7.70. The van der Waals surface area contributed by atoms with Crippen molar-refractivity contribution in [2.24, 2.45) is 11.3 Å². The highest BCUT2D eigenvalue weighted by Gasteiger charge is 2.41. The molecule has 132 valence electrons. The maximum absolute atomic E-state index is 6.02. The minimum absolute atomic E-state index is 0.263. The molecule has 4 heterocycles. The van der Waals surface area contributed by atoms with Gasteiger partial charge in [-0.2, -0.15) is 0 Å². The highest BCUT2D eigenvalue weighted by atomic mass is 16.5. The minimum Gasteiger partial charge on any atom is -0.381 e. The van der Waals surface area contributed by atoms with Gasteiger partial charge in [0, 0.05) is 57.5 Å². The van der Waals surface area contributed by atoms with Crippen molar-refractivity contribution in [1.82, 2.24) is 9.88 Å². The predicted octanol–water partition coefficient (Wildman–Crippen LogP) is 2.04. The third-order valence-electron chi connectivity index (χ3n) is 5.79. The van der Waals surface area contributed by atoms with Gasteiger partial charge in [0.1, 0.15) is 5.82 Å². The van der Waals surface area contributed by atoms with E-state index < -0.39 is 0 Å². The smallest absolute Gasteiger partial charge is 0.128 e. The topological polar surface area (TPSA) is 37.8 Å². The Hall–Kier alpha value is -1.17. The molecule has 0 bridgehead atoms. The minimum atomic E-state index is 0.263. The van der Waals surface area contributed by atoms with Gasteiger partial charge in [0.15, 0.2) is 0 Å². The first kappa shape index (κ1) is 16.3. The number of aromatic nitrogens is 1. The van der Waals surface area contributed by atoms with E-state index in [1.54, 1.807) is 0 Å². The molecule has 5 heteroatoms. The Balaban J connectivity index is 1.40. The van der Waals surface area contributed by atoms with Crippen molar-refractivity contribution in [2.75, 3.05) is 64.1 Å². The number of pyridine rings is 1. The van der Waals surface area contributed by atoms with Crippen LogP contribution in [0.4, 0.5) is 5.82 Å². The van der Waals surface area contributed by atoms with Gasteiger partial charge in [-0.15, -0.1) is 0 Å². The lowest BCUT2D eigenvalue weighted by Gasteiger charge is -2.34. The Morgan fingerprint density at radius 1 is 1.08 bits per heavy atom. The summed E-state index contributed by atoms with van der Waals surface area (Å²) in [5.74, 6) is 1.90. The predicted molar refractivity (Wildman–Crippen MR) is 94.3 cm³/mol. The lowest BCUT2D eigenvalue weighted by atomic mass is 9.87. The van der Waals surface area contributed by atoms with Crippen LogP contribution in [0.3, 0.4) is 0 Å². The van der Waals surface area contributed by atoms with Crippen LogP contribution in [0.1, 0.15) is 19.3 Å². The van der Waals surface area contributed by atoms with Crippen LogP contribution in [-0.2, 0) is 9.47 Å². The fourth-order valence-electron chi connectivity index (χ4n) is 4.45. The number of hydrogen-bond acceptors (Lipinski definition) is 5. The maximum atomic E-state index is 6.02. The van der Waals surface area contributed by atoms with Crippen molar-refractivity contribution < 1.29 is 9.47 Å². The van der Waals surface area contributed by atoms with Crippen molar-refractivity contribution in [3.63, 3.8) is 0 Å². The first-order valence-corrected chi connectivity index (χ1v) is 9.37. The Morgan fingerprint density at radius 2 is 2.00 bits per heavy atom. The molecular formula is C19H29N3O2. The Bertz CT molecular complexity index is 521. The van der Waals surface area contributed by atoms with Gasteiger partial charge >= 0.3 is 0 Å². The van der Waals surface area contributed by atoms with Crippen LogP contribution in [0.5, 0.6) is 0 Å². The van der Waals surface area contributed by atoms with E-state index in [-0.39, 0.29) is 5.41 Å². The van der Waals surface area contributed by atoms with Crippen LogP contribution in [0.25, 0.3) is 0 Å². The van der Waals surface area contributed by atoms with Gasteiger partial charge in [-0.25, -0.2) is 4.98 Å². The average molecular weight is 331 g/mol. The van der Waals surface area contributed by atoms with Crippen LogP contribution in [-0.4, -0.2) is 69.0 Å². The zero-order valence-electron chi connectivity index (χ0n) is 14.5. The van der Waals surface area contributed by atoms with Crippen LogP contribution >= 0.6 is 0 Å². The van der Waals surface area contributed by atoms with Gasteiger partial charge in [-0.1, -0.05) is 6.07 Å². The molecule has 0 saturated carbocycles. The molecule has 4 rings (SSSR count). The number of anilines is 1. The molecule has 3 aliphatic rings. The molecule has 0 aromatic carbocycles. The molecule has 1 aromatic rings. The van der Waals surface area contributed by atoms with Crippen LogP contribution in [0.2, 0.25) is 0 Å². The third kappa shape index (κ3) is 3.73. The average Bonchev–Trinajstić information content (AvgIpc) is 2.94. The quantitative estimate of drug-likeness (QED) is 0.847. The third-order valence-corrected chi connectivity index (χ3v) is 5.79. The lowest BCUT2D eigenvalue weighted by molar-refractivity contribution is 0.0483. The second-order valence-electron chi connectivity index (χ2n) is 7.70. The molecule has 1 aromatic heterocycles. The molecule has 1 spiro atoms. The fraction of sp³-hybridized carbons (Fsp3) is 0.737. The summed E-state index contributed by atoms with van der Waals surface area (Å²) in [6.07, 6.45) is 5.52. The van der Waals surface area contributed by atoms with Crippen LogP contribution < -0.4 is 4.90 Å². The second kappa shape index (κ2) is 7.38. The normalized spacial score (nSPS) is 29.9. The molecule has 1 atom stereocenters. The molecule has 0 N–H and O–H groups in total. The van der Waals surface area contributed by atoms with E-state index in [9.17, 15) is 0 Å². The highest BCUT2D eigenvalue weighted by molar-refractivity contribution is 5.40. The van der Waals surface area contributed by atoms with Crippen molar-refractivity contribution >= 4 is 5.82 Å². The number of nitrogens with zero attached hydrogens (tertiary/aromatic N) is 3. The maximum Gasteiger partial charge on any atom is 0.128 e.